The Morgan fingerprint density at radius 1 is 1.29 bits per heavy atom. The van der Waals surface area contributed by atoms with E-state index in [9.17, 15) is 9.59 Å². The number of nitrogens with zero attached hydrogens (tertiary/aromatic N) is 2. The fourth-order valence-electron chi connectivity index (χ4n) is 1.45. The number of carbonyl (C=O) groups is 1. The van der Waals surface area contributed by atoms with Gasteiger partial charge in [-0.1, -0.05) is 12.1 Å². The zero-order valence-corrected chi connectivity index (χ0v) is 8.91. The summed E-state index contributed by atoms with van der Waals surface area (Å²) < 4.78 is 1.50. The Morgan fingerprint density at radius 2 is 2.00 bits per heavy atom. The van der Waals surface area contributed by atoms with Gasteiger partial charge in [0.2, 0.25) is 0 Å². The highest BCUT2D eigenvalue weighted by atomic mass is 16.4. The van der Waals surface area contributed by atoms with Crippen molar-refractivity contribution in [2.45, 2.75) is 6.54 Å². The summed E-state index contributed by atoms with van der Waals surface area (Å²) >= 11 is 0. The summed E-state index contributed by atoms with van der Waals surface area (Å²) in [5.74, 6) is -0.961. The van der Waals surface area contributed by atoms with E-state index in [0.29, 0.717) is 6.54 Å². The second kappa shape index (κ2) is 4.61. The molecule has 1 heterocycles. The first-order valence-electron chi connectivity index (χ1n) is 4.99. The maximum Gasteiger partial charge on any atom is 0.335 e. The molecule has 0 unspecified atom stereocenters. The van der Waals surface area contributed by atoms with Crippen LogP contribution in [0.5, 0.6) is 0 Å². The fourth-order valence-corrected chi connectivity index (χ4v) is 1.45. The Bertz CT molecular complexity index is 587. The Morgan fingerprint density at radius 3 is 2.59 bits per heavy atom. The van der Waals surface area contributed by atoms with Crippen molar-refractivity contribution in [2.24, 2.45) is 0 Å². The van der Waals surface area contributed by atoms with Gasteiger partial charge in [0.15, 0.2) is 0 Å². The predicted molar refractivity (Wildman–Crippen MR) is 61.0 cm³/mol. The van der Waals surface area contributed by atoms with Crippen LogP contribution in [0.25, 0.3) is 0 Å². The quantitative estimate of drug-likeness (QED) is 0.853. The second-order valence-corrected chi connectivity index (χ2v) is 3.54. The lowest BCUT2D eigenvalue weighted by Gasteiger charge is -2.04. The maximum atomic E-state index is 11.4. The highest BCUT2D eigenvalue weighted by Gasteiger charge is 2.02. The number of rotatable bonds is 3. The molecular formula is C12H10N2O3. The molecule has 5 heteroatoms. The van der Waals surface area contributed by atoms with Gasteiger partial charge in [-0.25, -0.2) is 4.79 Å². The number of aromatic nitrogens is 2. The van der Waals surface area contributed by atoms with Gasteiger partial charge in [0.1, 0.15) is 0 Å². The summed E-state index contributed by atoms with van der Waals surface area (Å²) in [5.41, 5.74) is 0.911. The molecule has 0 aliphatic heterocycles. The minimum Gasteiger partial charge on any atom is -0.478 e. The minimum atomic E-state index is -0.961. The van der Waals surface area contributed by atoms with E-state index in [1.54, 1.807) is 18.3 Å². The molecule has 17 heavy (non-hydrogen) atoms. The van der Waals surface area contributed by atoms with Gasteiger partial charge in [-0.15, -0.1) is 0 Å². The summed E-state index contributed by atoms with van der Waals surface area (Å²) in [4.78, 5) is 25.8. The lowest BCUT2D eigenvalue weighted by molar-refractivity contribution is 0.0697. The molecule has 0 atom stereocenters. The topological polar surface area (TPSA) is 72.2 Å². The Hall–Kier alpha value is -2.43. The number of carboxylic acids is 1. The van der Waals surface area contributed by atoms with Crippen LogP contribution in [0.1, 0.15) is 15.9 Å². The van der Waals surface area contributed by atoms with Gasteiger partial charge in [0.05, 0.1) is 18.3 Å². The average molecular weight is 230 g/mol. The van der Waals surface area contributed by atoms with E-state index in [1.807, 2.05) is 0 Å². The van der Waals surface area contributed by atoms with Gasteiger partial charge in [-0.05, 0) is 17.7 Å². The normalized spacial score (nSPS) is 10.1. The van der Waals surface area contributed by atoms with Crippen LogP contribution in [0.15, 0.2) is 47.7 Å². The number of aromatic carboxylic acids is 1. The first kappa shape index (κ1) is 11.1. The second-order valence-electron chi connectivity index (χ2n) is 3.54. The van der Waals surface area contributed by atoms with E-state index in [-0.39, 0.29) is 11.1 Å². The van der Waals surface area contributed by atoms with Gasteiger partial charge in [0, 0.05) is 12.4 Å². The zero-order valence-electron chi connectivity index (χ0n) is 8.91. The van der Waals surface area contributed by atoms with Crippen LogP contribution >= 0.6 is 0 Å². The molecule has 0 saturated heterocycles. The minimum absolute atomic E-state index is 0.185. The molecule has 0 aliphatic carbocycles. The molecule has 0 spiro atoms. The van der Waals surface area contributed by atoms with Crippen LogP contribution in [-0.2, 0) is 6.54 Å². The van der Waals surface area contributed by atoms with Crippen LogP contribution in [0.3, 0.4) is 0 Å². The van der Waals surface area contributed by atoms with Crippen LogP contribution in [0, 0.1) is 0 Å². The smallest absolute Gasteiger partial charge is 0.335 e. The number of hydrogen-bond donors (Lipinski definition) is 1. The molecule has 2 rings (SSSR count). The van der Waals surface area contributed by atoms with E-state index >= 15 is 0 Å². The summed E-state index contributed by atoms with van der Waals surface area (Å²) in [6.45, 7) is 0.404. The van der Waals surface area contributed by atoms with Crippen molar-refractivity contribution in [3.05, 3.63) is 64.3 Å². The van der Waals surface area contributed by atoms with Crippen molar-refractivity contribution in [3.8, 4) is 0 Å². The van der Waals surface area contributed by atoms with Gasteiger partial charge < -0.3 is 9.67 Å². The molecule has 0 saturated carbocycles. The standard InChI is InChI=1S/C12H10N2O3/c15-11-7-13-5-6-14(11)8-9-1-3-10(4-2-9)12(16)17/h1-7H,8H2,(H,16,17). The van der Waals surface area contributed by atoms with Crippen LogP contribution in [0.2, 0.25) is 0 Å². The highest BCUT2D eigenvalue weighted by molar-refractivity contribution is 5.87. The first-order chi connectivity index (χ1) is 8.16. The van der Waals surface area contributed by atoms with Crippen molar-refractivity contribution >= 4 is 5.97 Å². The Kier molecular flexibility index (Phi) is 3.00. The number of carboxylic acid groups (broad SMARTS) is 1. The molecule has 0 fully saturated rings. The molecule has 86 valence electrons. The Labute approximate surface area is 97.0 Å². The van der Waals surface area contributed by atoms with Crippen molar-refractivity contribution in [1.29, 1.82) is 0 Å². The Balaban J connectivity index is 2.23. The number of hydrogen-bond acceptors (Lipinski definition) is 3. The molecular weight excluding hydrogens is 220 g/mol. The molecule has 0 aliphatic rings. The third-order valence-electron chi connectivity index (χ3n) is 2.35. The number of benzene rings is 1. The first-order valence-corrected chi connectivity index (χ1v) is 4.99. The van der Waals surface area contributed by atoms with Crippen molar-refractivity contribution in [1.82, 2.24) is 9.55 Å². The molecule has 0 bridgehead atoms. The summed E-state index contributed by atoms with van der Waals surface area (Å²) in [5, 5.41) is 8.75. The summed E-state index contributed by atoms with van der Waals surface area (Å²) in [6, 6.07) is 6.42. The van der Waals surface area contributed by atoms with Gasteiger partial charge in [-0.2, -0.15) is 0 Å². The molecule has 1 N–H and O–H groups in total. The highest BCUT2D eigenvalue weighted by Crippen LogP contribution is 2.05. The largest absolute Gasteiger partial charge is 0.478 e. The van der Waals surface area contributed by atoms with E-state index in [1.165, 1.54) is 29.1 Å². The van der Waals surface area contributed by atoms with E-state index in [4.69, 9.17) is 5.11 Å². The average Bonchev–Trinajstić information content (AvgIpc) is 2.33. The lowest BCUT2D eigenvalue weighted by atomic mass is 10.1. The molecule has 1 aromatic heterocycles. The third kappa shape index (κ3) is 2.57. The zero-order chi connectivity index (χ0) is 12.3. The third-order valence-corrected chi connectivity index (χ3v) is 2.35. The van der Waals surface area contributed by atoms with E-state index in [2.05, 4.69) is 4.98 Å². The van der Waals surface area contributed by atoms with Crippen molar-refractivity contribution < 1.29 is 9.90 Å². The van der Waals surface area contributed by atoms with Gasteiger partial charge in [-0.3, -0.25) is 9.78 Å². The molecule has 1 aromatic carbocycles. The summed E-state index contributed by atoms with van der Waals surface area (Å²) in [7, 11) is 0. The van der Waals surface area contributed by atoms with Crippen molar-refractivity contribution in [3.63, 3.8) is 0 Å². The van der Waals surface area contributed by atoms with Crippen LogP contribution in [0.4, 0.5) is 0 Å². The predicted octanol–water partition coefficient (Wildman–Crippen LogP) is 0.990. The molecule has 0 amide bonds. The SMILES string of the molecule is O=C(O)c1ccc(Cn2ccncc2=O)cc1. The van der Waals surface area contributed by atoms with Gasteiger partial charge in [0.25, 0.3) is 5.56 Å². The van der Waals surface area contributed by atoms with Crippen molar-refractivity contribution in [2.75, 3.05) is 0 Å². The fraction of sp³-hybridized carbons (Fsp3) is 0.0833. The monoisotopic (exact) mass is 230 g/mol. The molecule has 5 nitrogen and oxygen atoms in total. The summed E-state index contributed by atoms with van der Waals surface area (Å²) in [6.07, 6.45) is 4.37. The van der Waals surface area contributed by atoms with E-state index < -0.39 is 5.97 Å². The maximum absolute atomic E-state index is 11.4. The lowest BCUT2D eigenvalue weighted by Crippen LogP contribution is -2.19. The van der Waals surface area contributed by atoms with E-state index in [0.717, 1.165) is 5.56 Å². The molecule has 0 radical (unpaired) electrons. The molecule has 2 aromatic rings. The van der Waals surface area contributed by atoms with Crippen LogP contribution < -0.4 is 5.56 Å². The van der Waals surface area contributed by atoms with Gasteiger partial charge >= 0.3 is 5.97 Å². The van der Waals surface area contributed by atoms with Crippen LogP contribution in [-0.4, -0.2) is 20.6 Å².